The minimum absolute atomic E-state index is 0.271. The second kappa shape index (κ2) is 13.1. The number of thioether (sulfide) groups is 1. The van der Waals surface area contributed by atoms with Gasteiger partial charge in [0, 0.05) is 22.0 Å². The Morgan fingerprint density at radius 1 is 0.872 bits per heavy atom. The average Bonchev–Trinajstić information content (AvgIpc) is 3.24. The first-order valence-corrected chi connectivity index (χ1v) is 14.0. The van der Waals surface area contributed by atoms with E-state index in [1.807, 2.05) is 72.8 Å². The van der Waals surface area contributed by atoms with E-state index in [-0.39, 0.29) is 17.4 Å². The number of thiophene rings is 1. The molecule has 0 spiro atoms. The van der Waals surface area contributed by atoms with Crippen LogP contribution in [0.4, 0.5) is 22.1 Å². The number of carbonyl (C=O) groups is 2. The average molecular weight is 572 g/mol. The Labute approximate surface area is 240 Å². The first-order chi connectivity index (χ1) is 18.8. The van der Waals surface area contributed by atoms with Gasteiger partial charge in [0.2, 0.25) is 5.91 Å². The zero-order valence-electron chi connectivity index (χ0n) is 21.1. The fraction of sp³-hybridized carbons (Fsp3) is 0.103. The van der Waals surface area contributed by atoms with Gasteiger partial charge >= 0.3 is 0 Å². The van der Waals surface area contributed by atoms with Gasteiger partial charge in [0.15, 0.2) is 5.11 Å². The van der Waals surface area contributed by atoms with Gasteiger partial charge in [0.1, 0.15) is 11.1 Å². The maximum atomic E-state index is 13.1. The number of benzene rings is 3. The predicted octanol–water partition coefficient (Wildman–Crippen LogP) is 7.11. The van der Waals surface area contributed by atoms with Gasteiger partial charge in [-0.1, -0.05) is 42.5 Å². The molecule has 0 saturated heterocycles. The van der Waals surface area contributed by atoms with Crippen LogP contribution in [-0.2, 0) is 4.79 Å². The summed E-state index contributed by atoms with van der Waals surface area (Å²) in [6.45, 7) is 3.50. The summed E-state index contributed by atoms with van der Waals surface area (Å²) in [4.78, 5) is 27.1. The summed E-state index contributed by atoms with van der Waals surface area (Å²) in [6, 6.07) is 28.4. The second-order valence-electron chi connectivity index (χ2n) is 8.41. The lowest BCUT2D eigenvalue weighted by Gasteiger charge is -2.14. The normalized spacial score (nSPS) is 11.1. The van der Waals surface area contributed by atoms with Gasteiger partial charge in [0.05, 0.1) is 15.7 Å². The number of para-hydroxylation sites is 2. The number of carbonyl (C=O) groups excluding carboxylic acids is 2. The van der Waals surface area contributed by atoms with Gasteiger partial charge in [-0.05, 0) is 74.1 Å². The van der Waals surface area contributed by atoms with Crippen LogP contribution >= 0.6 is 35.3 Å². The molecule has 0 bridgehead atoms. The highest BCUT2D eigenvalue weighted by molar-refractivity contribution is 8.00. The largest absolute Gasteiger partial charge is 0.332 e. The Hall–Kier alpha value is -4.17. The predicted molar refractivity (Wildman–Crippen MR) is 165 cm³/mol. The highest BCUT2D eigenvalue weighted by Gasteiger charge is 2.23. The first kappa shape index (κ1) is 27.9. The molecule has 1 heterocycles. The van der Waals surface area contributed by atoms with Crippen molar-refractivity contribution in [3.63, 3.8) is 0 Å². The summed E-state index contributed by atoms with van der Waals surface area (Å²) >= 11 is 7.88. The molecule has 4 N–H and O–H groups in total. The molecule has 10 heteroatoms. The van der Waals surface area contributed by atoms with Gasteiger partial charge in [-0.25, -0.2) is 0 Å². The van der Waals surface area contributed by atoms with E-state index in [4.69, 9.17) is 12.2 Å². The SMILES string of the molecule is Cc1c(C(=O)Nc2ccccc2)sc(NC(=O)C(C)Sc2cccc(NC(=S)Nc3ccccc3)c2)c1C#N. The fourth-order valence-corrected chi connectivity index (χ4v) is 5.81. The monoisotopic (exact) mass is 571 g/mol. The molecule has 0 saturated carbocycles. The third-order valence-electron chi connectivity index (χ3n) is 5.54. The highest BCUT2D eigenvalue weighted by atomic mass is 32.2. The summed E-state index contributed by atoms with van der Waals surface area (Å²) in [7, 11) is 0. The van der Waals surface area contributed by atoms with Gasteiger partial charge in [0.25, 0.3) is 5.91 Å². The Bertz CT molecular complexity index is 1530. The van der Waals surface area contributed by atoms with E-state index in [1.54, 1.807) is 26.0 Å². The van der Waals surface area contributed by atoms with Crippen LogP contribution in [0, 0.1) is 18.3 Å². The molecule has 39 heavy (non-hydrogen) atoms. The molecule has 1 aromatic heterocycles. The lowest BCUT2D eigenvalue weighted by atomic mass is 10.1. The third kappa shape index (κ3) is 7.45. The van der Waals surface area contributed by atoms with Crippen molar-refractivity contribution in [2.75, 3.05) is 21.3 Å². The molecule has 0 aliphatic carbocycles. The standard InChI is InChI=1S/C29H25N5O2S3/c1-18-24(17-30)28(39-25(18)27(36)31-20-10-5-3-6-11-20)34-26(35)19(2)38-23-15-9-14-22(16-23)33-29(37)32-21-12-7-4-8-13-21/h3-16,19H,1-2H3,(H,31,36)(H,34,35)(H2,32,33,37). The number of nitriles is 1. The second-order valence-corrected chi connectivity index (χ2v) is 11.3. The Kier molecular flexibility index (Phi) is 9.33. The maximum Gasteiger partial charge on any atom is 0.266 e. The molecule has 0 aliphatic rings. The molecular formula is C29H25N5O2S3. The van der Waals surface area contributed by atoms with E-state index >= 15 is 0 Å². The lowest BCUT2D eigenvalue weighted by molar-refractivity contribution is -0.115. The molecule has 196 valence electrons. The van der Waals surface area contributed by atoms with Gasteiger partial charge < -0.3 is 21.3 Å². The fourth-order valence-electron chi connectivity index (χ4n) is 3.60. The Balaban J connectivity index is 1.39. The van der Waals surface area contributed by atoms with Crippen LogP contribution in [0.5, 0.6) is 0 Å². The molecule has 4 rings (SSSR count). The van der Waals surface area contributed by atoms with Crippen LogP contribution < -0.4 is 21.3 Å². The number of hydrogen-bond donors (Lipinski definition) is 4. The molecule has 1 atom stereocenters. The number of thiocarbonyl (C=S) groups is 1. The molecule has 4 aromatic rings. The lowest BCUT2D eigenvalue weighted by Crippen LogP contribution is -2.22. The van der Waals surface area contributed by atoms with E-state index in [0.717, 1.165) is 27.6 Å². The van der Waals surface area contributed by atoms with Crippen molar-refractivity contribution in [2.45, 2.75) is 24.0 Å². The number of hydrogen-bond acceptors (Lipinski definition) is 6. The third-order valence-corrected chi connectivity index (χ3v) is 8.04. The van der Waals surface area contributed by atoms with Gasteiger partial charge in [-0.3, -0.25) is 9.59 Å². The van der Waals surface area contributed by atoms with E-state index in [1.165, 1.54) is 11.8 Å². The highest BCUT2D eigenvalue weighted by Crippen LogP contribution is 2.34. The van der Waals surface area contributed by atoms with Crippen molar-refractivity contribution in [1.82, 2.24) is 0 Å². The molecule has 0 radical (unpaired) electrons. The van der Waals surface area contributed by atoms with Crippen LogP contribution in [0.3, 0.4) is 0 Å². The number of amides is 2. The molecule has 2 amide bonds. The zero-order chi connectivity index (χ0) is 27.8. The van der Waals surface area contributed by atoms with Crippen LogP contribution in [0.2, 0.25) is 0 Å². The van der Waals surface area contributed by atoms with E-state index < -0.39 is 5.25 Å². The van der Waals surface area contributed by atoms with Crippen molar-refractivity contribution >= 4 is 74.3 Å². The Morgan fingerprint density at radius 3 is 2.10 bits per heavy atom. The van der Waals surface area contributed by atoms with Crippen molar-refractivity contribution < 1.29 is 9.59 Å². The molecular weight excluding hydrogens is 547 g/mol. The summed E-state index contributed by atoms with van der Waals surface area (Å²) in [5.74, 6) is -0.598. The maximum absolute atomic E-state index is 13.1. The summed E-state index contributed by atoms with van der Waals surface area (Å²) in [6.07, 6.45) is 0. The van der Waals surface area contributed by atoms with Crippen LogP contribution in [0.15, 0.2) is 89.8 Å². The van der Waals surface area contributed by atoms with Crippen LogP contribution in [0.25, 0.3) is 0 Å². The van der Waals surface area contributed by atoms with E-state index in [0.29, 0.717) is 26.2 Å². The number of anilines is 4. The first-order valence-electron chi connectivity index (χ1n) is 11.9. The minimum Gasteiger partial charge on any atom is -0.332 e. The van der Waals surface area contributed by atoms with E-state index in [2.05, 4.69) is 27.3 Å². The van der Waals surface area contributed by atoms with Crippen molar-refractivity contribution in [2.24, 2.45) is 0 Å². The van der Waals surface area contributed by atoms with Crippen LogP contribution in [-0.4, -0.2) is 22.2 Å². The van der Waals surface area contributed by atoms with Crippen molar-refractivity contribution in [1.29, 1.82) is 5.26 Å². The van der Waals surface area contributed by atoms with Crippen LogP contribution in [0.1, 0.15) is 27.7 Å². The van der Waals surface area contributed by atoms with Crippen molar-refractivity contribution in [3.05, 3.63) is 101 Å². The van der Waals surface area contributed by atoms with Crippen molar-refractivity contribution in [3.8, 4) is 6.07 Å². The quantitative estimate of drug-likeness (QED) is 0.132. The number of rotatable bonds is 8. The number of nitrogens with one attached hydrogen (secondary N) is 4. The Morgan fingerprint density at radius 2 is 1.46 bits per heavy atom. The summed E-state index contributed by atoms with van der Waals surface area (Å²) in [5.41, 5.74) is 3.14. The molecule has 0 aliphatic heterocycles. The topological polar surface area (TPSA) is 106 Å². The smallest absolute Gasteiger partial charge is 0.266 e. The summed E-state index contributed by atoms with van der Waals surface area (Å²) in [5, 5.41) is 22.0. The van der Waals surface area contributed by atoms with Gasteiger partial charge in [-0.15, -0.1) is 23.1 Å². The van der Waals surface area contributed by atoms with E-state index in [9.17, 15) is 14.9 Å². The molecule has 7 nitrogen and oxygen atoms in total. The zero-order valence-corrected chi connectivity index (χ0v) is 23.6. The molecule has 1 unspecified atom stereocenters. The minimum atomic E-state index is -0.467. The summed E-state index contributed by atoms with van der Waals surface area (Å²) < 4.78 is 0. The number of nitrogens with zero attached hydrogens (tertiary/aromatic N) is 1. The van der Waals surface area contributed by atoms with Gasteiger partial charge in [-0.2, -0.15) is 5.26 Å². The molecule has 0 fully saturated rings. The molecule has 3 aromatic carbocycles.